The molecule has 17 heavy (non-hydrogen) atoms. The van der Waals surface area contributed by atoms with E-state index in [1.165, 1.54) is 12.1 Å². The van der Waals surface area contributed by atoms with Crippen molar-refractivity contribution >= 4 is 11.4 Å². The second kappa shape index (κ2) is 4.77. The van der Waals surface area contributed by atoms with E-state index in [1.807, 2.05) is 6.92 Å². The number of nitrogens with zero attached hydrogens (tertiary/aromatic N) is 2. The second-order valence-electron chi connectivity index (χ2n) is 3.73. The van der Waals surface area contributed by atoms with Crippen LogP contribution in [0.5, 0.6) is 5.75 Å². The van der Waals surface area contributed by atoms with Crippen molar-refractivity contribution in [3.8, 4) is 5.75 Å². The van der Waals surface area contributed by atoms with Crippen molar-refractivity contribution in [1.82, 2.24) is 0 Å². The average Bonchev–Trinajstić information content (AvgIpc) is 2.27. The summed E-state index contributed by atoms with van der Waals surface area (Å²) >= 11 is 0. The molecule has 0 unspecified atom stereocenters. The summed E-state index contributed by atoms with van der Waals surface area (Å²) in [5.74, 6) is -0.944. The van der Waals surface area contributed by atoms with Crippen LogP contribution in [0.2, 0.25) is 0 Å². The van der Waals surface area contributed by atoms with Crippen molar-refractivity contribution in [1.29, 1.82) is 0 Å². The Hall–Kier alpha value is -2.18. The van der Waals surface area contributed by atoms with E-state index in [4.69, 9.17) is 0 Å². The van der Waals surface area contributed by atoms with Gasteiger partial charge in [0.2, 0.25) is 0 Å². The molecule has 1 aromatic rings. The molecule has 0 saturated carbocycles. The molecule has 1 N–H and O–H groups in total. The van der Waals surface area contributed by atoms with Crippen molar-refractivity contribution in [3.05, 3.63) is 37.9 Å². The van der Waals surface area contributed by atoms with Gasteiger partial charge in [0.15, 0.2) is 0 Å². The zero-order valence-electron chi connectivity index (χ0n) is 9.41. The van der Waals surface area contributed by atoms with Crippen LogP contribution in [0.15, 0.2) is 12.1 Å². The zero-order chi connectivity index (χ0) is 13.2. The molecule has 0 heterocycles. The Labute approximate surface area is 97.0 Å². The van der Waals surface area contributed by atoms with Crippen LogP contribution < -0.4 is 0 Å². The van der Waals surface area contributed by atoms with Crippen molar-refractivity contribution in [3.63, 3.8) is 0 Å². The van der Waals surface area contributed by atoms with E-state index in [2.05, 4.69) is 0 Å². The lowest BCUT2D eigenvalue weighted by Crippen LogP contribution is -1.99. The highest BCUT2D eigenvalue weighted by molar-refractivity contribution is 5.61. The van der Waals surface area contributed by atoms with Crippen LogP contribution in [-0.4, -0.2) is 15.0 Å². The van der Waals surface area contributed by atoms with E-state index in [9.17, 15) is 25.3 Å². The highest BCUT2D eigenvalue weighted by Gasteiger charge is 2.27. The minimum Gasteiger partial charge on any atom is -0.497 e. The molecule has 7 heteroatoms. The largest absolute Gasteiger partial charge is 0.497 e. The molecule has 0 amide bonds. The number of rotatable bonds is 4. The lowest BCUT2D eigenvalue weighted by Gasteiger charge is -2.09. The highest BCUT2D eigenvalue weighted by Crippen LogP contribution is 2.38. The first-order valence-electron chi connectivity index (χ1n) is 5.04. The molecule has 0 bridgehead atoms. The number of phenols is 1. The highest BCUT2D eigenvalue weighted by atomic mass is 16.6. The van der Waals surface area contributed by atoms with E-state index < -0.39 is 27.0 Å². The molecule has 0 aliphatic heterocycles. The lowest BCUT2D eigenvalue weighted by atomic mass is 9.97. The monoisotopic (exact) mass is 240 g/mol. The molecule has 7 nitrogen and oxygen atoms in total. The molecule has 1 rings (SSSR count). The Morgan fingerprint density at radius 2 is 1.65 bits per heavy atom. The van der Waals surface area contributed by atoms with Gasteiger partial charge in [-0.3, -0.25) is 20.2 Å². The fourth-order valence-electron chi connectivity index (χ4n) is 1.42. The fourth-order valence-corrected chi connectivity index (χ4v) is 1.42. The Morgan fingerprint density at radius 3 is 1.94 bits per heavy atom. The minimum atomic E-state index is -0.896. The Balaban J connectivity index is 3.47. The molecule has 0 aliphatic rings. The third kappa shape index (κ3) is 2.49. The maximum absolute atomic E-state index is 10.7. The molecule has 0 aromatic heterocycles. The van der Waals surface area contributed by atoms with Gasteiger partial charge in [0.1, 0.15) is 0 Å². The van der Waals surface area contributed by atoms with Crippen LogP contribution in [0.1, 0.15) is 31.7 Å². The molecule has 0 aliphatic carbocycles. The normalized spacial score (nSPS) is 12.1. The summed E-state index contributed by atoms with van der Waals surface area (Å²) in [6, 6.07) is 2.35. The van der Waals surface area contributed by atoms with Crippen molar-refractivity contribution in [2.45, 2.75) is 26.2 Å². The van der Waals surface area contributed by atoms with Gasteiger partial charge in [-0.15, -0.1) is 0 Å². The van der Waals surface area contributed by atoms with Gasteiger partial charge in [0.05, 0.1) is 9.85 Å². The van der Waals surface area contributed by atoms with Gasteiger partial charge < -0.3 is 5.11 Å². The maximum Gasteiger partial charge on any atom is 0.318 e. The van der Waals surface area contributed by atoms with Gasteiger partial charge >= 0.3 is 11.4 Å². The molecule has 92 valence electrons. The first-order valence-corrected chi connectivity index (χ1v) is 5.04. The van der Waals surface area contributed by atoms with E-state index in [0.717, 1.165) is 0 Å². The Kier molecular flexibility index (Phi) is 3.62. The van der Waals surface area contributed by atoms with Gasteiger partial charge in [-0.05, 0) is 17.9 Å². The van der Waals surface area contributed by atoms with Gasteiger partial charge in [-0.1, -0.05) is 13.8 Å². The van der Waals surface area contributed by atoms with E-state index in [1.54, 1.807) is 6.92 Å². The topological polar surface area (TPSA) is 107 Å². The molecule has 1 atom stereocenters. The lowest BCUT2D eigenvalue weighted by molar-refractivity contribution is -0.396. The average molecular weight is 240 g/mol. The first kappa shape index (κ1) is 12.9. The minimum absolute atomic E-state index is 0.0481. The van der Waals surface area contributed by atoms with Crippen LogP contribution in [0, 0.1) is 20.2 Å². The summed E-state index contributed by atoms with van der Waals surface area (Å²) in [5.41, 5.74) is -0.785. The zero-order valence-corrected chi connectivity index (χ0v) is 9.41. The van der Waals surface area contributed by atoms with Crippen LogP contribution >= 0.6 is 0 Å². The van der Waals surface area contributed by atoms with E-state index in [-0.39, 0.29) is 5.92 Å². The summed E-state index contributed by atoms with van der Waals surface area (Å²) in [4.78, 5) is 19.7. The van der Waals surface area contributed by atoms with Crippen LogP contribution in [0.4, 0.5) is 11.4 Å². The molecule has 0 spiro atoms. The van der Waals surface area contributed by atoms with Crippen LogP contribution in [0.25, 0.3) is 0 Å². The number of hydrogen-bond donors (Lipinski definition) is 1. The van der Waals surface area contributed by atoms with Crippen molar-refractivity contribution in [2.75, 3.05) is 0 Å². The third-order valence-electron chi connectivity index (χ3n) is 2.67. The number of benzene rings is 1. The molecule has 0 radical (unpaired) electrons. The molecule has 0 fully saturated rings. The van der Waals surface area contributed by atoms with Crippen LogP contribution in [0.3, 0.4) is 0 Å². The maximum atomic E-state index is 10.7. The van der Waals surface area contributed by atoms with Gasteiger partial charge in [0.25, 0.3) is 5.75 Å². The summed E-state index contributed by atoms with van der Waals surface area (Å²) in [7, 11) is 0. The van der Waals surface area contributed by atoms with Crippen molar-refractivity contribution in [2.24, 2.45) is 0 Å². The molecular formula is C10H12N2O5. The van der Waals surface area contributed by atoms with Gasteiger partial charge in [-0.2, -0.15) is 0 Å². The van der Waals surface area contributed by atoms with Crippen LogP contribution in [-0.2, 0) is 0 Å². The molecular weight excluding hydrogens is 228 g/mol. The Bertz CT molecular complexity index is 437. The van der Waals surface area contributed by atoms with E-state index >= 15 is 0 Å². The third-order valence-corrected chi connectivity index (χ3v) is 2.67. The Morgan fingerprint density at radius 1 is 1.24 bits per heavy atom. The summed E-state index contributed by atoms with van der Waals surface area (Å²) < 4.78 is 0. The van der Waals surface area contributed by atoms with Gasteiger partial charge in [0, 0.05) is 12.1 Å². The smallest absolute Gasteiger partial charge is 0.318 e. The quantitative estimate of drug-likeness (QED) is 0.643. The van der Waals surface area contributed by atoms with Gasteiger partial charge in [-0.25, -0.2) is 0 Å². The first-order chi connectivity index (χ1) is 7.88. The summed E-state index contributed by atoms with van der Waals surface area (Å²) in [6.07, 6.45) is 0.694. The fraction of sp³-hybridized carbons (Fsp3) is 0.400. The summed E-state index contributed by atoms with van der Waals surface area (Å²) in [5, 5.41) is 30.8. The number of nitro groups is 2. The predicted octanol–water partition coefficient (Wildman–Crippen LogP) is 2.72. The second-order valence-corrected chi connectivity index (χ2v) is 3.73. The number of aromatic hydroxyl groups is 1. The number of phenolic OH excluding ortho intramolecular Hbond substituents is 1. The number of nitro benzene ring substituents is 2. The predicted molar refractivity (Wildman–Crippen MR) is 60.1 cm³/mol. The molecule has 0 saturated heterocycles. The standard InChI is InChI=1S/C10H12N2O5/c1-3-6(2)7-4-8(11(14)15)10(13)9(5-7)12(16)17/h4-6,13H,3H2,1-2H3/t6-/m1/s1. The number of hydrogen-bond acceptors (Lipinski definition) is 5. The SMILES string of the molecule is CC[C@@H](C)c1cc([N+](=O)[O-])c(O)c([N+](=O)[O-])c1. The molecule has 1 aromatic carbocycles. The summed E-state index contributed by atoms with van der Waals surface area (Å²) in [6.45, 7) is 3.68. The van der Waals surface area contributed by atoms with E-state index in [0.29, 0.717) is 12.0 Å². The van der Waals surface area contributed by atoms with Crippen molar-refractivity contribution < 1.29 is 15.0 Å².